The number of hydrogen-bond donors (Lipinski definition) is 1. The summed E-state index contributed by atoms with van der Waals surface area (Å²) in [6.45, 7) is 2.23. The van der Waals surface area contributed by atoms with Gasteiger partial charge in [0.25, 0.3) is 0 Å². The van der Waals surface area contributed by atoms with E-state index in [4.69, 9.17) is 4.74 Å². The molecular formula is C21H26N2OS. The third-order valence-electron chi connectivity index (χ3n) is 5.46. The molecule has 1 fully saturated rings. The summed E-state index contributed by atoms with van der Waals surface area (Å²) in [7, 11) is 1.71. The van der Waals surface area contributed by atoms with Gasteiger partial charge in [-0.2, -0.15) is 0 Å². The van der Waals surface area contributed by atoms with Gasteiger partial charge in [0.15, 0.2) is 0 Å². The number of ether oxygens (including phenoxy) is 1. The summed E-state index contributed by atoms with van der Waals surface area (Å²) in [5.41, 5.74) is 4.14. The number of allylic oxidation sites excluding steroid dienone is 2. The van der Waals surface area contributed by atoms with E-state index in [1.807, 2.05) is 23.9 Å². The summed E-state index contributed by atoms with van der Waals surface area (Å²) < 4.78 is 5.24. The van der Waals surface area contributed by atoms with E-state index in [9.17, 15) is 0 Å². The quantitative estimate of drug-likeness (QED) is 0.809. The molecule has 1 spiro atoms. The number of hydrogen-bond acceptors (Lipinski definition) is 4. The van der Waals surface area contributed by atoms with E-state index in [1.165, 1.54) is 53.8 Å². The Balaban J connectivity index is 1.49. The second-order valence-corrected chi connectivity index (χ2v) is 8.18. The highest BCUT2D eigenvalue weighted by Gasteiger charge is 2.42. The summed E-state index contributed by atoms with van der Waals surface area (Å²) in [4.78, 5) is 3.86. The predicted molar refractivity (Wildman–Crippen MR) is 105 cm³/mol. The van der Waals surface area contributed by atoms with E-state index >= 15 is 0 Å². The van der Waals surface area contributed by atoms with Crippen molar-refractivity contribution in [2.24, 2.45) is 0 Å². The fourth-order valence-electron chi connectivity index (χ4n) is 4.01. The van der Waals surface area contributed by atoms with Crippen LogP contribution in [0.25, 0.3) is 0 Å². The third-order valence-corrected chi connectivity index (χ3v) is 6.50. The van der Waals surface area contributed by atoms with Crippen molar-refractivity contribution < 1.29 is 4.74 Å². The smallest absolute Gasteiger partial charge is 0.118 e. The van der Waals surface area contributed by atoms with Gasteiger partial charge >= 0.3 is 0 Å². The van der Waals surface area contributed by atoms with Gasteiger partial charge in [-0.05, 0) is 62.0 Å². The van der Waals surface area contributed by atoms with E-state index in [0.717, 1.165) is 11.5 Å². The zero-order valence-corrected chi connectivity index (χ0v) is 15.9. The standard InChI is InChI=1S/C21H26N2OS/c1-16-12-19(25-15-17-6-8-18(24-2)9-7-17)14-23-20(16)13-22-21(23)10-4-3-5-11-21/h6-9,12-14,22H,3-5,10-11,15H2,1-2H3. The van der Waals surface area contributed by atoms with Crippen LogP contribution in [0.5, 0.6) is 5.75 Å². The maximum absolute atomic E-state index is 5.24. The van der Waals surface area contributed by atoms with Crippen molar-refractivity contribution >= 4 is 11.8 Å². The monoisotopic (exact) mass is 354 g/mol. The SMILES string of the molecule is COc1ccc(CSC2=CN3C(=CNC34CCCCC4)C(C)=C2)cc1. The Morgan fingerprint density at radius 2 is 1.92 bits per heavy atom. The Labute approximate surface area is 154 Å². The largest absolute Gasteiger partial charge is 0.497 e. The normalized spacial score (nSPS) is 21.2. The molecule has 1 aromatic rings. The molecule has 2 heterocycles. The van der Waals surface area contributed by atoms with Crippen LogP contribution in [-0.2, 0) is 5.75 Å². The van der Waals surface area contributed by atoms with Gasteiger partial charge in [0.1, 0.15) is 11.4 Å². The molecule has 0 radical (unpaired) electrons. The second kappa shape index (κ2) is 6.83. The summed E-state index contributed by atoms with van der Waals surface area (Å²) >= 11 is 1.91. The lowest BCUT2D eigenvalue weighted by molar-refractivity contribution is 0.126. The molecule has 0 unspecified atom stereocenters. The lowest BCUT2D eigenvalue weighted by atomic mass is 9.88. The predicted octanol–water partition coefficient (Wildman–Crippen LogP) is 5.14. The number of methoxy groups -OCH3 is 1. The van der Waals surface area contributed by atoms with Crippen LogP contribution in [0.1, 0.15) is 44.6 Å². The number of benzene rings is 1. The van der Waals surface area contributed by atoms with Crippen LogP contribution in [0.3, 0.4) is 0 Å². The average molecular weight is 355 g/mol. The highest BCUT2D eigenvalue weighted by Crippen LogP contribution is 2.43. The van der Waals surface area contributed by atoms with E-state index in [0.29, 0.717) is 0 Å². The van der Waals surface area contributed by atoms with Gasteiger partial charge in [0.05, 0.1) is 12.8 Å². The van der Waals surface area contributed by atoms with Crippen molar-refractivity contribution in [1.82, 2.24) is 10.2 Å². The zero-order valence-electron chi connectivity index (χ0n) is 15.0. The first-order chi connectivity index (χ1) is 12.2. The first kappa shape index (κ1) is 16.6. The Morgan fingerprint density at radius 1 is 1.16 bits per heavy atom. The minimum Gasteiger partial charge on any atom is -0.497 e. The van der Waals surface area contributed by atoms with Gasteiger partial charge in [0.2, 0.25) is 0 Å². The third kappa shape index (κ3) is 3.20. The number of rotatable bonds is 4. The first-order valence-corrected chi connectivity index (χ1v) is 10.1. The molecule has 0 aromatic heterocycles. The molecule has 3 aliphatic rings. The molecule has 4 rings (SSSR count). The highest BCUT2D eigenvalue weighted by atomic mass is 32.2. The van der Waals surface area contributed by atoms with E-state index in [-0.39, 0.29) is 5.66 Å². The van der Waals surface area contributed by atoms with E-state index in [1.54, 1.807) is 7.11 Å². The number of nitrogens with zero attached hydrogens (tertiary/aromatic N) is 1. The lowest BCUT2D eigenvalue weighted by Crippen LogP contribution is -2.51. The maximum Gasteiger partial charge on any atom is 0.118 e. The summed E-state index contributed by atoms with van der Waals surface area (Å²) in [5, 5.41) is 3.71. The van der Waals surface area contributed by atoms with Crippen LogP contribution >= 0.6 is 11.8 Å². The summed E-state index contributed by atoms with van der Waals surface area (Å²) in [6, 6.07) is 8.37. The molecule has 132 valence electrons. The fourth-order valence-corrected chi connectivity index (χ4v) is 4.98. The molecule has 0 bridgehead atoms. The second-order valence-electron chi connectivity index (χ2n) is 7.13. The van der Waals surface area contributed by atoms with Crippen molar-refractivity contribution in [3.8, 4) is 5.75 Å². The molecule has 0 atom stereocenters. The van der Waals surface area contributed by atoms with Crippen molar-refractivity contribution in [3.05, 3.63) is 64.5 Å². The average Bonchev–Trinajstić information content (AvgIpc) is 3.00. The van der Waals surface area contributed by atoms with Gasteiger partial charge in [-0.3, -0.25) is 0 Å². The molecule has 1 N–H and O–H groups in total. The number of thioether (sulfide) groups is 1. The van der Waals surface area contributed by atoms with Gasteiger partial charge < -0.3 is 15.0 Å². The topological polar surface area (TPSA) is 24.5 Å². The molecule has 2 aliphatic heterocycles. The molecule has 1 aliphatic carbocycles. The highest BCUT2D eigenvalue weighted by molar-refractivity contribution is 8.02. The van der Waals surface area contributed by atoms with Crippen LogP contribution in [-0.4, -0.2) is 17.7 Å². The Morgan fingerprint density at radius 3 is 2.64 bits per heavy atom. The van der Waals surface area contributed by atoms with Crippen LogP contribution in [0.2, 0.25) is 0 Å². The molecular weight excluding hydrogens is 328 g/mol. The van der Waals surface area contributed by atoms with Gasteiger partial charge in [-0.15, -0.1) is 11.8 Å². The minimum atomic E-state index is 0.120. The van der Waals surface area contributed by atoms with Crippen molar-refractivity contribution in [3.63, 3.8) is 0 Å². The maximum atomic E-state index is 5.24. The molecule has 1 aromatic carbocycles. The first-order valence-electron chi connectivity index (χ1n) is 9.14. The van der Waals surface area contributed by atoms with E-state index in [2.05, 4.69) is 47.7 Å². The molecule has 1 saturated carbocycles. The summed E-state index contributed by atoms with van der Waals surface area (Å²) in [5.74, 6) is 1.89. The van der Waals surface area contributed by atoms with Gasteiger partial charge in [0, 0.05) is 23.1 Å². The lowest BCUT2D eigenvalue weighted by Gasteiger charge is -2.43. The molecule has 4 heteroatoms. The van der Waals surface area contributed by atoms with Crippen LogP contribution in [0.15, 0.2) is 58.9 Å². The molecule has 0 saturated heterocycles. The van der Waals surface area contributed by atoms with E-state index < -0.39 is 0 Å². The number of fused-ring (bicyclic) bond motifs is 2. The zero-order chi connectivity index (χ0) is 17.3. The molecule has 3 nitrogen and oxygen atoms in total. The van der Waals surface area contributed by atoms with Gasteiger partial charge in [-0.25, -0.2) is 0 Å². The summed E-state index contributed by atoms with van der Waals surface area (Å²) in [6.07, 6.45) is 13.4. The van der Waals surface area contributed by atoms with Crippen LogP contribution < -0.4 is 10.1 Å². The Bertz CT molecular complexity index is 727. The Hall–Kier alpha value is -1.81. The van der Waals surface area contributed by atoms with Crippen molar-refractivity contribution in [2.75, 3.05) is 7.11 Å². The molecule has 25 heavy (non-hydrogen) atoms. The van der Waals surface area contributed by atoms with Gasteiger partial charge in [-0.1, -0.05) is 18.6 Å². The van der Waals surface area contributed by atoms with Crippen molar-refractivity contribution in [2.45, 2.75) is 50.4 Å². The van der Waals surface area contributed by atoms with Crippen molar-refractivity contribution in [1.29, 1.82) is 0 Å². The minimum absolute atomic E-state index is 0.120. The molecule has 0 amide bonds. The van der Waals surface area contributed by atoms with Crippen LogP contribution in [0, 0.1) is 0 Å². The number of nitrogens with one attached hydrogen (secondary N) is 1. The fraction of sp³-hybridized carbons (Fsp3) is 0.429. The van der Waals surface area contributed by atoms with Crippen LogP contribution in [0.4, 0.5) is 0 Å². The Kier molecular flexibility index (Phi) is 4.55.